The number of amides is 1. The fraction of sp³-hybridized carbons (Fsp3) is 0.929. The lowest BCUT2D eigenvalue weighted by atomic mass is 9.93. The molecule has 1 fully saturated rings. The average molecular weight is 256 g/mol. The van der Waals surface area contributed by atoms with E-state index in [1.165, 1.54) is 0 Å². The highest BCUT2D eigenvalue weighted by atomic mass is 16.6. The normalized spacial score (nSPS) is 21.2. The van der Waals surface area contributed by atoms with Gasteiger partial charge in [-0.1, -0.05) is 26.7 Å². The van der Waals surface area contributed by atoms with Crippen LogP contribution in [0, 0.1) is 5.92 Å². The van der Waals surface area contributed by atoms with Crippen LogP contribution in [-0.4, -0.2) is 42.3 Å². The van der Waals surface area contributed by atoms with Crippen molar-refractivity contribution in [2.45, 2.75) is 59.1 Å². The maximum Gasteiger partial charge on any atom is 0.410 e. The van der Waals surface area contributed by atoms with Crippen molar-refractivity contribution in [2.75, 3.05) is 19.6 Å². The maximum atomic E-state index is 12.0. The second-order valence-electron chi connectivity index (χ2n) is 6.06. The topological polar surface area (TPSA) is 41.6 Å². The molecular formula is C14H28N2O2. The number of hydrogen-bond donors (Lipinski definition) is 1. The van der Waals surface area contributed by atoms with E-state index in [-0.39, 0.29) is 6.09 Å². The van der Waals surface area contributed by atoms with E-state index in [4.69, 9.17) is 4.74 Å². The standard InChI is InChI=1S/C14H28N2O2/c1-6-11(7-2)12-10-16(9-8-15-12)13(17)18-14(3,4)5/h11-12,15H,6-10H2,1-5H3. The molecule has 1 heterocycles. The molecule has 1 rings (SSSR count). The Labute approximate surface area is 111 Å². The Balaban J connectivity index is 2.55. The highest BCUT2D eigenvalue weighted by Crippen LogP contribution is 2.18. The van der Waals surface area contributed by atoms with Gasteiger partial charge in [-0.25, -0.2) is 4.79 Å². The molecule has 0 bridgehead atoms. The van der Waals surface area contributed by atoms with Crippen molar-refractivity contribution >= 4 is 6.09 Å². The zero-order valence-corrected chi connectivity index (χ0v) is 12.5. The Hall–Kier alpha value is -0.770. The molecule has 1 amide bonds. The van der Waals surface area contributed by atoms with Gasteiger partial charge in [0.1, 0.15) is 5.60 Å². The number of ether oxygens (including phenoxy) is 1. The maximum absolute atomic E-state index is 12.0. The number of carbonyl (C=O) groups excluding carboxylic acids is 1. The van der Waals surface area contributed by atoms with Gasteiger partial charge in [-0.15, -0.1) is 0 Å². The Morgan fingerprint density at radius 3 is 2.50 bits per heavy atom. The number of nitrogens with zero attached hydrogens (tertiary/aromatic N) is 1. The van der Waals surface area contributed by atoms with E-state index in [0.717, 1.165) is 32.5 Å². The van der Waals surface area contributed by atoms with Gasteiger partial charge in [0.25, 0.3) is 0 Å². The van der Waals surface area contributed by atoms with Crippen LogP contribution in [0.15, 0.2) is 0 Å². The minimum Gasteiger partial charge on any atom is -0.444 e. The van der Waals surface area contributed by atoms with E-state index in [2.05, 4.69) is 19.2 Å². The van der Waals surface area contributed by atoms with Gasteiger partial charge in [0.2, 0.25) is 0 Å². The third-order valence-corrected chi connectivity index (χ3v) is 3.47. The van der Waals surface area contributed by atoms with Crippen molar-refractivity contribution < 1.29 is 9.53 Å². The number of rotatable bonds is 3. The van der Waals surface area contributed by atoms with E-state index in [1.807, 2.05) is 25.7 Å². The van der Waals surface area contributed by atoms with Crippen molar-refractivity contribution in [1.29, 1.82) is 0 Å². The van der Waals surface area contributed by atoms with Crippen LogP contribution >= 0.6 is 0 Å². The molecule has 1 aliphatic rings. The molecule has 1 unspecified atom stereocenters. The van der Waals surface area contributed by atoms with Gasteiger partial charge in [0.15, 0.2) is 0 Å². The lowest BCUT2D eigenvalue weighted by Gasteiger charge is -2.38. The molecule has 4 heteroatoms. The quantitative estimate of drug-likeness (QED) is 0.844. The highest BCUT2D eigenvalue weighted by molar-refractivity contribution is 5.68. The Morgan fingerprint density at radius 1 is 1.39 bits per heavy atom. The molecule has 4 nitrogen and oxygen atoms in total. The molecule has 1 saturated heterocycles. The van der Waals surface area contributed by atoms with Gasteiger partial charge < -0.3 is 15.0 Å². The van der Waals surface area contributed by atoms with E-state index in [9.17, 15) is 4.79 Å². The van der Waals surface area contributed by atoms with E-state index in [1.54, 1.807) is 0 Å². The van der Waals surface area contributed by atoms with E-state index < -0.39 is 5.60 Å². The summed E-state index contributed by atoms with van der Waals surface area (Å²) in [7, 11) is 0. The SMILES string of the molecule is CCC(CC)C1CN(C(=O)OC(C)(C)C)CCN1. The monoisotopic (exact) mass is 256 g/mol. The Bertz CT molecular complexity index is 269. The first-order valence-electron chi connectivity index (χ1n) is 7.08. The smallest absolute Gasteiger partial charge is 0.410 e. The van der Waals surface area contributed by atoms with Gasteiger partial charge in [-0.3, -0.25) is 0 Å². The molecule has 0 saturated carbocycles. The molecular weight excluding hydrogens is 228 g/mol. The summed E-state index contributed by atoms with van der Waals surface area (Å²) in [4.78, 5) is 13.9. The zero-order chi connectivity index (χ0) is 13.8. The third kappa shape index (κ3) is 4.48. The second-order valence-corrected chi connectivity index (χ2v) is 6.06. The van der Waals surface area contributed by atoms with Gasteiger partial charge in [-0.2, -0.15) is 0 Å². The fourth-order valence-corrected chi connectivity index (χ4v) is 2.44. The lowest BCUT2D eigenvalue weighted by molar-refractivity contribution is 0.0170. The summed E-state index contributed by atoms with van der Waals surface area (Å²) in [5.41, 5.74) is -0.410. The van der Waals surface area contributed by atoms with Crippen molar-refractivity contribution in [3.05, 3.63) is 0 Å². The largest absolute Gasteiger partial charge is 0.444 e. The first kappa shape index (κ1) is 15.3. The van der Waals surface area contributed by atoms with Crippen molar-refractivity contribution in [2.24, 2.45) is 5.92 Å². The number of carbonyl (C=O) groups is 1. The Morgan fingerprint density at radius 2 is 2.00 bits per heavy atom. The van der Waals surface area contributed by atoms with E-state index >= 15 is 0 Å². The van der Waals surface area contributed by atoms with Crippen molar-refractivity contribution in [1.82, 2.24) is 10.2 Å². The first-order valence-corrected chi connectivity index (χ1v) is 7.08. The molecule has 0 radical (unpaired) electrons. The molecule has 106 valence electrons. The summed E-state index contributed by atoms with van der Waals surface area (Å²) in [5.74, 6) is 0.634. The van der Waals surface area contributed by atoms with Crippen LogP contribution in [-0.2, 0) is 4.74 Å². The van der Waals surface area contributed by atoms with Gasteiger partial charge in [0.05, 0.1) is 0 Å². The summed E-state index contributed by atoms with van der Waals surface area (Å²) in [6.07, 6.45) is 2.12. The molecule has 1 atom stereocenters. The van der Waals surface area contributed by atoms with Crippen LogP contribution in [0.5, 0.6) is 0 Å². The molecule has 1 aliphatic heterocycles. The third-order valence-electron chi connectivity index (χ3n) is 3.47. The zero-order valence-electron chi connectivity index (χ0n) is 12.5. The van der Waals surface area contributed by atoms with Crippen LogP contribution < -0.4 is 5.32 Å². The van der Waals surface area contributed by atoms with Crippen LogP contribution in [0.1, 0.15) is 47.5 Å². The van der Waals surface area contributed by atoms with Gasteiger partial charge >= 0.3 is 6.09 Å². The molecule has 0 aliphatic carbocycles. The van der Waals surface area contributed by atoms with Crippen LogP contribution in [0.2, 0.25) is 0 Å². The fourth-order valence-electron chi connectivity index (χ4n) is 2.44. The number of nitrogens with one attached hydrogen (secondary N) is 1. The van der Waals surface area contributed by atoms with Crippen molar-refractivity contribution in [3.63, 3.8) is 0 Å². The second kappa shape index (κ2) is 6.41. The predicted molar refractivity (Wildman–Crippen MR) is 73.7 cm³/mol. The molecule has 0 spiro atoms. The summed E-state index contributed by atoms with van der Waals surface area (Å²) in [6, 6.07) is 0.404. The van der Waals surface area contributed by atoms with Gasteiger partial charge in [0, 0.05) is 25.7 Å². The summed E-state index contributed by atoms with van der Waals surface area (Å²) >= 11 is 0. The van der Waals surface area contributed by atoms with Crippen LogP contribution in [0.4, 0.5) is 4.79 Å². The highest BCUT2D eigenvalue weighted by Gasteiger charge is 2.29. The molecule has 18 heavy (non-hydrogen) atoms. The lowest BCUT2D eigenvalue weighted by Crippen LogP contribution is -2.55. The summed E-state index contributed by atoms with van der Waals surface area (Å²) < 4.78 is 5.43. The van der Waals surface area contributed by atoms with Crippen LogP contribution in [0.3, 0.4) is 0 Å². The number of hydrogen-bond acceptors (Lipinski definition) is 3. The summed E-state index contributed by atoms with van der Waals surface area (Å²) in [5, 5.41) is 3.52. The average Bonchev–Trinajstić information content (AvgIpc) is 2.29. The molecule has 0 aromatic rings. The van der Waals surface area contributed by atoms with Crippen LogP contribution in [0.25, 0.3) is 0 Å². The molecule has 0 aromatic carbocycles. The van der Waals surface area contributed by atoms with Gasteiger partial charge in [-0.05, 0) is 26.7 Å². The predicted octanol–water partition coefficient (Wildman–Crippen LogP) is 2.63. The van der Waals surface area contributed by atoms with E-state index in [0.29, 0.717) is 12.0 Å². The molecule has 0 aromatic heterocycles. The summed E-state index contributed by atoms with van der Waals surface area (Å²) in [6.45, 7) is 12.5. The number of piperazine rings is 1. The van der Waals surface area contributed by atoms with Crippen molar-refractivity contribution in [3.8, 4) is 0 Å². The first-order chi connectivity index (χ1) is 8.37. The molecule has 1 N–H and O–H groups in total. The minimum absolute atomic E-state index is 0.181. The minimum atomic E-state index is -0.410. The Kier molecular flexibility index (Phi) is 5.45.